The lowest BCUT2D eigenvalue weighted by Gasteiger charge is -2.32. The first-order valence-electron chi connectivity index (χ1n) is 6.76. The molecule has 0 aromatic heterocycles. The number of rotatable bonds is 2. The van der Waals surface area contributed by atoms with E-state index in [1.54, 1.807) is 0 Å². The molecule has 2 aliphatic rings. The molecule has 0 radical (unpaired) electrons. The van der Waals surface area contributed by atoms with Gasteiger partial charge in [-0.1, -0.05) is 30.3 Å². The third kappa shape index (κ3) is 2.15. The van der Waals surface area contributed by atoms with Gasteiger partial charge in [0.15, 0.2) is 0 Å². The van der Waals surface area contributed by atoms with Gasteiger partial charge in [0.05, 0.1) is 5.92 Å². The topological polar surface area (TPSA) is 40.5 Å². The van der Waals surface area contributed by atoms with E-state index in [4.69, 9.17) is 5.11 Å². The van der Waals surface area contributed by atoms with Crippen molar-refractivity contribution in [3.8, 4) is 0 Å². The molecule has 1 aromatic rings. The highest BCUT2D eigenvalue weighted by Crippen LogP contribution is 2.37. The molecule has 0 bridgehead atoms. The van der Waals surface area contributed by atoms with Gasteiger partial charge in [-0.2, -0.15) is 0 Å². The van der Waals surface area contributed by atoms with Crippen LogP contribution in [0.25, 0.3) is 0 Å². The molecule has 3 unspecified atom stereocenters. The molecule has 3 rings (SSSR count). The Kier molecular flexibility index (Phi) is 3.08. The standard InChI is InChI=1S/C15H19NO2/c17-15(18)12-6-7-16-10-13(9-14(16)8-12)11-4-2-1-3-5-11/h1-5,12-14H,6-10H2,(H,17,18). The Hall–Kier alpha value is -1.35. The van der Waals surface area contributed by atoms with E-state index in [1.807, 2.05) is 6.07 Å². The van der Waals surface area contributed by atoms with E-state index in [1.165, 1.54) is 5.56 Å². The second-order valence-electron chi connectivity index (χ2n) is 5.55. The van der Waals surface area contributed by atoms with E-state index < -0.39 is 5.97 Å². The Morgan fingerprint density at radius 1 is 1.22 bits per heavy atom. The van der Waals surface area contributed by atoms with Crippen molar-refractivity contribution < 1.29 is 9.90 Å². The van der Waals surface area contributed by atoms with Crippen molar-refractivity contribution in [3.05, 3.63) is 35.9 Å². The molecule has 1 N–H and O–H groups in total. The third-order valence-corrected chi connectivity index (χ3v) is 4.47. The largest absolute Gasteiger partial charge is 0.481 e. The van der Waals surface area contributed by atoms with Gasteiger partial charge < -0.3 is 5.11 Å². The van der Waals surface area contributed by atoms with Gasteiger partial charge in [-0.3, -0.25) is 9.69 Å². The van der Waals surface area contributed by atoms with Crippen LogP contribution in [0.4, 0.5) is 0 Å². The number of aliphatic carboxylic acids is 1. The Balaban J connectivity index is 1.70. The number of hydrogen-bond acceptors (Lipinski definition) is 2. The number of nitrogens with zero attached hydrogens (tertiary/aromatic N) is 1. The molecule has 0 saturated carbocycles. The Morgan fingerprint density at radius 2 is 2.00 bits per heavy atom. The summed E-state index contributed by atoms with van der Waals surface area (Å²) in [5, 5.41) is 9.12. The lowest BCUT2D eigenvalue weighted by Crippen LogP contribution is -2.40. The number of fused-ring (bicyclic) bond motifs is 1. The summed E-state index contributed by atoms with van der Waals surface area (Å²) in [5.41, 5.74) is 1.40. The maximum atomic E-state index is 11.1. The van der Waals surface area contributed by atoms with Crippen molar-refractivity contribution in [3.63, 3.8) is 0 Å². The van der Waals surface area contributed by atoms with E-state index in [0.717, 1.165) is 32.4 Å². The van der Waals surface area contributed by atoms with E-state index in [2.05, 4.69) is 29.2 Å². The molecule has 2 heterocycles. The molecular weight excluding hydrogens is 226 g/mol. The average molecular weight is 245 g/mol. The Bertz CT molecular complexity index is 431. The van der Waals surface area contributed by atoms with Crippen LogP contribution in [0.15, 0.2) is 30.3 Å². The lowest BCUT2D eigenvalue weighted by atomic mass is 9.89. The number of carbonyl (C=O) groups is 1. The fraction of sp³-hybridized carbons (Fsp3) is 0.533. The van der Waals surface area contributed by atoms with Crippen LogP contribution in [0.3, 0.4) is 0 Å². The molecule has 1 aromatic carbocycles. The second-order valence-corrected chi connectivity index (χ2v) is 5.55. The van der Waals surface area contributed by atoms with Crippen LogP contribution < -0.4 is 0 Å². The van der Waals surface area contributed by atoms with Crippen LogP contribution in [0.5, 0.6) is 0 Å². The molecule has 3 heteroatoms. The number of benzene rings is 1. The highest BCUT2D eigenvalue weighted by atomic mass is 16.4. The predicted octanol–water partition coefficient (Wildman–Crippen LogP) is 2.34. The summed E-state index contributed by atoms with van der Waals surface area (Å²) < 4.78 is 0. The molecule has 0 spiro atoms. The van der Waals surface area contributed by atoms with Gasteiger partial charge in [-0.05, 0) is 37.3 Å². The summed E-state index contributed by atoms with van der Waals surface area (Å²) in [7, 11) is 0. The predicted molar refractivity (Wildman–Crippen MR) is 69.5 cm³/mol. The average Bonchev–Trinajstić information content (AvgIpc) is 2.82. The number of carboxylic acid groups (broad SMARTS) is 1. The van der Waals surface area contributed by atoms with Gasteiger partial charge in [0, 0.05) is 12.6 Å². The molecule has 2 aliphatic heterocycles. The summed E-state index contributed by atoms with van der Waals surface area (Å²) >= 11 is 0. The smallest absolute Gasteiger partial charge is 0.306 e. The molecule has 2 saturated heterocycles. The van der Waals surface area contributed by atoms with Crippen LogP contribution in [0.2, 0.25) is 0 Å². The van der Waals surface area contributed by atoms with Crippen molar-refractivity contribution in [2.24, 2.45) is 5.92 Å². The van der Waals surface area contributed by atoms with Crippen LogP contribution in [-0.2, 0) is 4.79 Å². The summed E-state index contributed by atoms with van der Waals surface area (Å²) in [4.78, 5) is 13.6. The maximum absolute atomic E-state index is 11.1. The normalized spacial score (nSPS) is 32.1. The van der Waals surface area contributed by atoms with Gasteiger partial charge in [0.2, 0.25) is 0 Å². The minimum Gasteiger partial charge on any atom is -0.481 e. The molecule has 3 nitrogen and oxygen atoms in total. The molecule has 2 fully saturated rings. The zero-order valence-electron chi connectivity index (χ0n) is 10.5. The molecule has 0 amide bonds. The minimum atomic E-state index is -0.613. The van der Waals surface area contributed by atoms with E-state index in [9.17, 15) is 4.79 Å². The first kappa shape index (κ1) is 11.7. The molecule has 0 aliphatic carbocycles. The highest BCUT2D eigenvalue weighted by Gasteiger charge is 2.39. The van der Waals surface area contributed by atoms with Crippen molar-refractivity contribution >= 4 is 5.97 Å². The van der Waals surface area contributed by atoms with Crippen molar-refractivity contribution in [2.45, 2.75) is 31.2 Å². The Morgan fingerprint density at radius 3 is 2.72 bits per heavy atom. The first-order chi connectivity index (χ1) is 8.74. The van der Waals surface area contributed by atoms with Gasteiger partial charge in [-0.15, -0.1) is 0 Å². The SMILES string of the molecule is O=C(O)C1CCN2CC(c3ccccc3)CC2C1. The third-order valence-electron chi connectivity index (χ3n) is 4.47. The monoisotopic (exact) mass is 245 g/mol. The zero-order valence-corrected chi connectivity index (χ0v) is 10.5. The van der Waals surface area contributed by atoms with E-state index in [0.29, 0.717) is 12.0 Å². The van der Waals surface area contributed by atoms with Gasteiger partial charge >= 0.3 is 5.97 Å². The Labute approximate surface area is 107 Å². The summed E-state index contributed by atoms with van der Waals surface area (Å²) in [6, 6.07) is 11.1. The van der Waals surface area contributed by atoms with Crippen LogP contribution in [-0.4, -0.2) is 35.1 Å². The summed E-state index contributed by atoms with van der Waals surface area (Å²) in [5.74, 6) is -0.151. The first-order valence-corrected chi connectivity index (χ1v) is 6.76. The molecule has 3 atom stereocenters. The van der Waals surface area contributed by atoms with Crippen molar-refractivity contribution in [1.82, 2.24) is 4.90 Å². The molecule has 18 heavy (non-hydrogen) atoms. The van der Waals surface area contributed by atoms with E-state index in [-0.39, 0.29) is 5.92 Å². The molecular formula is C15H19NO2. The second kappa shape index (κ2) is 4.73. The number of piperidine rings is 1. The fourth-order valence-electron chi connectivity index (χ4n) is 3.46. The maximum Gasteiger partial charge on any atom is 0.306 e. The highest BCUT2D eigenvalue weighted by molar-refractivity contribution is 5.70. The number of hydrogen-bond donors (Lipinski definition) is 1. The molecule has 96 valence electrons. The summed E-state index contributed by atoms with van der Waals surface area (Å²) in [6.07, 6.45) is 2.76. The zero-order chi connectivity index (χ0) is 12.5. The number of carboxylic acids is 1. The fourth-order valence-corrected chi connectivity index (χ4v) is 3.46. The van der Waals surface area contributed by atoms with Crippen LogP contribution in [0.1, 0.15) is 30.7 Å². The van der Waals surface area contributed by atoms with Crippen LogP contribution in [0, 0.1) is 5.92 Å². The van der Waals surface area contributed by atoms with Crippen molar-refractivity contribution in [1.29, 1.82) is 0 Å². The van der Waals surface area contributed by atoms with Crippen molar-refractivity contribution in [2.75, 3.05) is 13.1 Å². The summed E-state index contributed by atoms with van der Waals surface area (Å²) in [6.45, 7) is 2.05. The van der Waals surface area contributed by atoms with Gasteiger partial charge in [-0.25, -0.2) is 0 Å². The minimum absolute atomic E-state index is 0.124. The van der Waals surface area contributed by atoms with Crippen LogP contribution >= 0.6 is 0 Å². The van der Waals surface area contributed by atoms with E-state index >= 15 is 0 Å². The lowest BCUT2D eigenvalue weighted by molar-refractivity contribution is -0.143. The quantitative estimate of drug-likeness (QED) is 0.869. The van der Waals surface area contributed by atoms with Gasteiger partial charge in [0.25, 0.3) is 0 Å². The van der Waals surface area contributed by atoms with Gasteiger partial charge in [0.1, 0.15) is 0 Å².